The second-order valence-corrected chi connectivity index (χ2v) is 5.10. The minimum absolute atomic E-state index is 0.296. The fraction of sp³-hybridized carbons (Fsp3) is 0.333. The molecule has 1 N–H and O–H groups in total. The molecule has 20 heavy (non-hydrogen) atoms. The Morgan fingerprint density at radius 3 is 2.85 bits per heavy atom. The van der Waals surface area contributed by atoms with Crippen molar-refractivity contribution in [3.63, 3.8) is 0 Å². The molecule has 2 heterocycles. The summed E-state index contributed by atoms with van der Waals surface area (Å²) in [6.07, 6.45) is 2.05. The molecule has 0 spiro atoms. The Hall–Kier alpha value is -2.30. The highest BCUT2D eigenvalue weighted by molar-refractivity contribution is 5.96. The van der Waals surface area contributed by atoms with E-state index in [9.17, 15) is 9.90 Å². The second-order valence-electron chi connectivity index (χ2n) is 5.10. The number of rotatable bonds is 2. The number of hydrogen-bond acceptors (Lipinski definition) is 3. The second kappa shape index (κ2) is 4.67. The summed E-state index contributed by atoms with van der Waals surface area (Å²) in [5.74, 6) is -0.254. The Kier molecular flexibility index (Phi) is 2.97. The topological polar surface area (TPSA) is 58.4 Å². The molecule has 1 aromatic carbocycles. The van der Waals surface area contributed by atoms with E-state index in [0.29, 0.717) is 17.1 Å². The maximum Gasteiger partial charge on any atom is 0.341 e. The average Bonchev–Trinajstić information content (AvgIpc) is 2.73. The predicted octanol–water partition coefficient (Wildman–Crippen LogP) is 2.51. The van der Waals surface area contributed by atoms with Crippen molar-refractivity contribution in [1.82, 2.24) is 9.78 Å². The number of fused-ring (bicyclic) bond motifs is 1. The van der Waals surface area contributed by atoms with Gasteiger partial charge in [-0.05, 0) is 31.4 Å². The van der Waals surface area contributed by atoms with Gasteiger partial charge in [0.05, 0.1) is 5.69 Å². The Bertz CT molecular complexity index is 676. The highest BCUT2D eigenvalue weighted by Crippen LogP contribution is 2.35. The van der Waals surface area contributed by atoms with Crippen LogP contribution in [0.3, 0.4) is 0 Å². The molecule has 0 radical (unpaired) electrons. The van der Waals surface area contributed by atoms with E-state index < -0.39 is 5.97 Å². The maximum absolute atomic E-state index is 11.5. The first kappa shape index (κ1) is 12.7. The van der Waals surface area contributed by atoms with E-state index in [4.69, 9.17) is 0 Å². The van der Waals surface area contributed by atoms with Crippen molar-refractivity contribution in [2.75, 3.05) is 11.4 Å². The lowest BCUT2D eigenvalue weighted by molar-refractivity contribution is 0.0697. The third-order valence-corrected chi connectivity index (χ3v) is 3.77. The van der Waals surface area contributed by atoms with Gasteiger partial charge in [0.2, 0.25) is 0 Å². The van der Waals surface area contributed by atoms with Crippen molar-refractivity contribution in [2.45, 2.75) is 19.8 Å². The summed E-state index contributed by atoms with van der Waals surface area (Å²) in [6.45, 7) is 2.55. The largest absolute Gasteiger partial charge is 0.477 e. The van der Waals surface area contributed by atoms with Gasteiger partial charge in [-0.25, -0.2) is 4.79 Å². The van der Waals surface area contributed by atoms with Crippen LogP contribution in [0, 0.1) is 6.92 Å². The molecule has 0 fully saturated rings. The number of hydrogen-bond donors (Lipinski definition) is 1. The minimum Gasteiger partial charge on any atom is -0.477 e. The molecule has 0 amide bonds. The van der Waals surface area contributed by atoms with Crippen molar-refractivity contribution in [3.05, 3.63) is 41.1 Å². The molecule has 1 aliphatic rings. The number of anilines is 2. The number of carboxylic acids is 1. The average molecular weight is 271 g/mol. The molecule has 0 bridgehead atoms. The van der Waals surface area contributed by atoms with Gasteiger partial charge in [-0.15, -0.1) is 0 Å². The molecule has 5 heteroatoms. The van der Waals surface area contributed by atoms with E-state index in [1.165, 1.54) is 5.56 Å². The summed E-state index contributed by atoms with van der Waals surface area (Å²) in [7, 11) is 1.80. The zero-order valence-corrected chi connectivity index (χ0v) is 11.6. The third kappa shape index (κ3) is 1.86. The molecular weight excluding hydrogens is 254 g/mol. The van der Waals surface area contributed by atoms with Crippen LogP contribution in [0.25, 0.3) is 0 Å². The lowest BCUT2D eigenvalue weighted by atomic mass is 10.0. The Balaban J connectivity index is 2.18. The van der Waals surface area contributed by atoms with E-state index in [0.717, 1.165) is 25.1 Å². The van der Waals surface area contributed by atoms with Crippen molar-refractivity contribution in [2.24, 2.45) is 7.05 Å². The van der Waals surface area contributed by atoms with Gasteiger partial charge >= 0.3 is 5.97 Å². The highest BCUT2D eigenvalue weighted by Gasteiger charge is 2.27. The van der Waals surface area contributed by atoms with Gasteiger partial charge in [0.15, 0.2) is 0 Å². The number of aromatic carboxylic acids is 1. The third-order valence-electron chi connectivity index (χ3n) is 3.77. The van der Waals surface area contributed by atoms with E-state index in [1.54, 1.807) is 18.7 Å². The van der Waals surface area contributed by atoms with Gasteiger partial charge in [-0.2, -0.15) is 5.10 Å². The maximum atomic E-state index is 11.5. The molecule has 0 saturated carbocycles. The fourth-order valence-corrected chi connectivity index (χ4v) is 2.96. The number of carboxylic acid groups (broad SMARTS) is 1. The van der Waals surface area contributed by atoms with Gasteiger partial charge < -0.3 is 10.0 Å². The predicted molar refractivity (Wildman–Crippen MR) is 76.7 cm³/mol. The van der Waals surface area contributed by atoms with Gasteiger partial charge in [0, 0.05) is 19.3 Å². The van der Waals surface area contributed by atoms with Crippen molar-refractivity contribution in [3.8, 4) is 0 Å². The number of nitrogens with zero attached hydrogens (tertiary/aromatic N) is 3. The fourth-order valence-electron chi connectivity index (χ4n) is 2.96. The number of benzene rings is 1. The van der Waals surface area contributed by atoms with Gasteiger partial charge in [-0.1, -0.05) is 18.2 Å². The first-order chi connectivity index (χ1) is 9.59. The van der Waals surface area contributed by atoms with E-state index in [-0.39, 0.29) is 0 Å². The standard InChI is InChI=1S/C15H17N3O2/c1-10-13(15(19)20)14(17(2)16-10)18-9-5-7-11-6-3-4-8-12(11)18/h3-4,6,8H,5,7,9H2,1-2H3,(H,19,20). The number of aryl methyl sites for hydroxylation is 3. The summed E-state index contributed by atoms with van der Waals surface area (Å²) in [5, 5.41) is 13.7. The summed E-state index contributed by atoms with van der Waals surface area (Å²) in [4.78, 5) is 13.6. The molecule has 0 saturated heterocycles. The van der Waals surface area contributed by atoms with Crippen LogP contribution < -0.4 is 4.90 Å². The molecule has 104 valence electrons. The minimum atomic E-state index is -0.923. The molecular formula is C15H17N3O2. The van der Waals surface area contributed by atoms with Gasteiger partial charge in [-0.3, -0.25) is 4.68 Å². The van der Waals surface area contributed by atoms with Crippen molar-refractivity contribution >= 4 is 17.5 Å². The molecule has 2 aromatic rings. The van der Waals surface area contributed by atoms with Gasteiger partial charge in [0.25, 0.3) is 0 Å². The molecule has 1 aromatic heterocycles. The monoisotopic (exact) mass is 271 g/mol. The smallest absolute Gasteiger partial charge is 0.341 e. The first-order valence-electron chi connectivity index (χ1n) is 6.72. The highest BCUT2D eigenvalue weighted by atomic mass is 16.4. The zero-order chi connectivity index (χ0) is 14.3. The van der Waals surface area contributed by atoms with E-state index in [1.807, 2.05) is 18.2 Å². The van der Waals surface area contributed by atoms with Gasteiger partial charge in [0.1, 0.15) is 11.4 Å². The Morgan fingerprint density at radius 2 is 2.10 bits per heavy atom. The number of carbonyl (C=O) groups is 1. The van der Waals surface area contributed by atoms with E-state index in [2.05, 4.69) is 16.1 Å². The quantitative estimate of drug-likeness (QED) is 0.911. The summed E-state index contributed by atoms with van der Waals surface area (Å²) in [5.41, 5.74) is 3.19. The normalized spacial score (nSPS) is 14.2. The Labute approximate surface area is 117 Å². The lowest BCUT2D eigenvalue weighted by Gasteiger charge is -2.31. The molecule has 0 atom stereocenters. The zero-order valence-electron chi connectivity index (χ0n) is 11.6. The molecule has 1 aliphatic heterocycles. The summed E-state index contributed by atoms with van der Waals surface area (Å²) in [6, 6.07) is 8.16. The van der Waals surface area contributed by atoms with Crippen LogP contribution in [0.2, 0.25) is 0 Å². The number of para-hydroxylation sites is 1. The van der Waals surface area contributed by atoms with Crippen LogP contribution in [0.15, 0.2) is 24.3 Å². The van der Waals surface area contributed by atoms with Crippen LogP contribution in [0.4, 0.5) is 11.5 Å². The molecule has 0 aliphatic carbocycles. The molecule has 3 rings (SSSR count). The van der Waals surface area contributed by atoms with Crippen molar-refractivity contribution < 1.29 is 9.90 Å². The number of aromatic nitrogens is 2. The SMILES string of the molecule is Cc1nn(C)c(N2CCCc3ccccc32)c1C(=O)O. The summed E-state index contributed by atoms with van der Waals surface area (Å²) < 4.78 is 1.67. The lowest BCUT2D eigenvalue weighted by Crippen LogP contribution is -2.27. The van der Waals surface area contributed by atoms with Crippen LogP contribution >= 0.6 is 0 Å². The van der Waals surface area contributed by atoms with Crippen LogP contribution in [0.5, 0.6) is 0 Å². The first-order valence-corrected chi connectivity index (χ1v) is 6.72. The van der Waals surface area contributed by atoms with Crippen LogP contribution in [-0.4, -0.2) is 27.4 Å². The molecule has 5 nitrogen and oxygen atoms in total. The van der Waals surface area contributed by atoms with Crippen LogP contribution in [-0.2, 0) is 13.5 Å². The Morgan fingerprint density at radius 1 is 1.35 bits per heavy atom. The van der Waals surface area contributed by atoms with Crippen LogP contribution in [0.1, 0.15) is 28.0 Å². The molecule has 0 unspecified atom stereocenters. The van der Waals surface area contributed by atoms with E-state index >= 15 is 0 Å². The summed E-state index contributed by atoms with van der Waals surface area (Å²) >= 11 is 0. The van der Waals surface area contributed by atoms with Crippen molar-refractivity contribution in [1.29, 1.82) is 0 Å².